The Balaban J connectivity index is 0.000000810. The highest BCUT2D eigenvalue weighted by Gasteiger charge is 2.36. The molecule has 2 heteroatoms. The Morgan fingerprint density at radius 2 is 2.10 bits per heavy atom. The summed E-state index contributed by atoms with van der Waals surface area (Å²) in [6.07, 6.45) is 3.54. The van der Waals surface area contributed by atoms with E-state index < -0.39 is 0 Å². The molecule has 0 spiro atoms. The van der Waals surface area contributed by atoms with Gasteiger partial charge < -0.3 is 5.73 Å². The molecular formula is C8H16ClN. The second-order valence-electron chi connectivity index (χ2n) is 3.16. The van der Waals surface area contributed by atoms with Crippen molar-refractivity contribution in [2.45, 2.75) is 26.2 Å². The maximum atomic E-state index is 5.60. The minimum atomic E-state index is 0. The molecule has 10 heavy (non-hydrogen) atoms. The smallest absolute Gasteiger partial charge is 0.00145 e. The van der Waals surface area contributed by atoms with E-state index in [0.29, 0.717) is 5.41 Å². The first-order valence-electron chi connectivity index (χ1n) is 3.59. The van der Waals surface area contributed by atoms with Crippen LogP contribution in [0.3, 0.4) is 0 Å². The van der Waals surface area contributed by atoms with Gasteiger partial charge in [0.05, 0.1) is 0 Å². The van der Waals surface area contributed by atoms with E-state index in [1.807, 2.05) is 0 Å². The zero-order chi connectivity index (χ0) is 6.91. The summed E-state index contributed by atoms with van der Waals surface area (Å²) >= 11 is 0. The van der Waals surface area contributed by atoms with Gasteiger partial charge in [-0.3, -0.25) is 0 Å². The van der Waals surface area contributed by atoms with Crippen LogP contribution in [-0.4, -0.2) is 6.54 Å². The summed E-state index contributed by atoms with van der Waals surface area (Å²) in [6, 6.07) is 0. The molecule has 1 aliphatic carbocycles. The van der Waals surface area contributed by atoms with Gasteiger partial charge in [-0.05, 0) is 31.2 Å². The third-order valence-corrected chi connectivity index (χ3v) is 2.43. The molecule has 0 atom stereocenters. The highest BCUT2D eigenvalue weighted by atomic mass is 35.5. The minimum absolute atomic E-state index is 0. The molecule has 0 aliphatic heterocycles. The van der Waals surface area contributed by atoms with Crippen molar-refractivity contribution in [1.82, 2.24) is 0 Å². The van der Waals surface area contributed by atoms with Crippen molar-refractivity contribution >= 4 is 12.4 Å². The van der Waals surface area contributed by atoms with Gasteiger partial charge >= 0.3 is 0 Å². The molecule has 1 saturated carbocycles. The molecule has 0 aromatic carbocycles. The van der Waals surface area contributed by atoms with E-state index >= 15 is 0 Å². The van der Waals surface area contributed by atoms with Gasteiger partial charge in [-0.2, -0.15) is 0 Å². The zero-order valence-electron chi connectivity index (χ0n) is 6.52. The molecule has 0 amide bonds. The van der Waals surface area contributed by atoms with E-state index in [9.17, 15) is 0 Å². The summed E-state index contributed by atoms with van der Waals surface area (Å²) in [5.41, 5.74) is 7.43. The molecule has 0 aromatic heterocycles. The lowest BCUT2D eigenvalue weighted by atomic mass is 9.64. The molecule has 0 bridgehead atoms. The highest BCUT2D eigenvalue weighted by Crippen LogP contribution is 2.45. The van der Waals surface area contributed by atoms with Crippen molar-refractivity contribution in [3.63, 3.8) is 0 Å². The predicted octanol–water partition coefficient (Wildman–Crippen LogP) is 2.11. The molecule has 1 fully saturated rings. The van der Waals surface area contributed by atoms with E-state index in [0.717, 1.165) is 6.54 Å². The van der Waals surface area contributed by atoms with E-state index in [1.54, 1.807) is 0 Å². The number of allylic oxidation sites excluding steroid dienone is 1. The van der Waals surface area contributed by atoms with Crippen molar-refractivity contribution in [2.24, 2.45) is 11.1 Å². The van der Waals surface area contributed by atoms with Crippen LogP contribution in [0, 0.1) is 5.41 Å². The fourth-order valence-electron chi connectivity index (χ4n) is 1.55. The van der Waals surface area contributed by atoms with Gasteiger partial charge in [0.15, 0.2) is 0 Å². The molecule has 60 valence electrons. The van der Waals surface area contributed by atoms with Gasteiger partial charge in [0, 0.05) is 0 Å². The van der Waals surface area contributed by atoms with Crippen LogP contribution in [0.1, 0.15) is 26.2 Å². The third-order valence-electron chi connectivity index (χ3n) is 2.43. The Morgan fingerprint density at radius 3 is 2.20 bits per heavy atom. The van der Waals surface area contributed by atoms with Crippen molar-refractivity contribution in [2.75, 3.05) is 6.54 Å². The predicted molar refractivity (Wildman–Crippen MR) is 47.4 cm³/mol. The van der Waals surface area contributed by atoms with Gasteiger partial charge in [-0.1, -0.05) is 19.1 Å². The summed E-state index contributed by atoms with van der Waals surface area (Å²) in [6.45, 7) is 6.94. The van der Waals surface area contributed by atoms with Gasteiger partial charge in [0.1, 0.15) is 0 Å². The molecule has 0 aromatic rings. The molecule has 0 saturated heterocycles. The van der Waals surface area contributed by atoms with Crippen LogP contribution in [-0.2, 0) is 0 Å². The molecule has 1 rings (SSSR count). The van der Waals surface area contributed by atoms with Crippen molar-refractivity contribution in [3.05, 3.63) is 12.2 Å². The molecule has 1 nitrogen and oxygen atoms in total. The van der Waals surface area contributed by atoms with Crippen LogP contribution in [0.5, 0.6) is 0 Å². The summed E-state index contributed by atoms with van der Waals surface area (Å²) in [5.74, 6) is 0. The summed E-state index contributed by atoms with van der Waals surface area (Å²) in [5, 5.41) is 0. The second-order valence-corrected chi connectivity index (χ2v) is 3.16. The SMILES string of the molecule is C=C1CC(CC)(CN)C1.Cl. The summed E-state index contributed by atoms with van der Waals surface area (Å²) < 4.78 is 0. The number of halogens is 1. The van der Waals surface area contributed by atoms with Gasteiger partial charge in [-0.15, -0.1) is 12.4 Å². The minimum Gasteiger partial charge on any atom is -0.330 e. The van der Waals surface area contributed by atoms with Gasteiger partial charge in [-0.25, -0.2) is 0 Å². The Morgan fingerprint density at radius 1 is 1.60 bits per heavy atom. The zero-order valence-corrected chi connectivity index (χ0v) is 7.34. The van der Waals surface area contributed by atoms with Crippen LogP contribution >= 0.6 is 12.4 Å². The number of nitrogens with two attached hydrogens (primary N) is 1. The quantitative estimate of drug-likeness (QED) is 0.617. The number of rotatable bonds is 2. The first kappa shape index (κ1) is 9.99. The molecule has 0 heterocycles. The summed E-state index contributed by atoms with van der Waals surface area (Å²) in [4.78, 5) is 0. The Bertz CT molecular complexity index is 117. The van der Waals surface area contributed by atoms with E-state index in [-0.39, 0.29) is 12.4 Å². The Kier molecular flexibility index (Phi) is 3.40. The average molecular weight is 162 g/mol. The first-order chi connectivity index (χ1) is 4.22. The lowest BCUT2D eigenvalue weighted by Gasteiger charge is -2.42. The number of hydrogen-bond acceptors (Lipinski definition) is 1. The normalized spacial score (nSPS) is 21.2. The molecular weight excluding hydrogens is 146 g/mol. The van der Waals surface area contributed by atoms with Crippen LogP contribution in [0.4, 0.5) is 0 Å². The monoisotopic (exact) mass is 161 g/mol. The highest BCUT2D eigenvalue weighted by molar-refractivity contribution is 5.85. The molecule has 2 N–H and O–H groups in total. The lowest BCUT2D eigenvalue weighted by Crippen LogP contribution is -2.37. The fraction of sp³-hybridized carbons (Fsp3) is 0.750. The lowest BCUT2D eigenvalue weighted by molar-refractivity contribution is 0.208. The van der Waals surface area contributed by atoms with Gasteiger partial charge in [0.2, 0.25) is 0 Å². The summed E-state index contributed by atoms with van der Waals surface area (Å²) in [7, 11) is 0. The largest absolute Gasteiger partial charge is 0.330 e. The van der Waals surface area contributed by atoms with Crippen LogP contribution in [0.2, 0.25) is 0 Å². The maximum absolute atomic E-state index is 5.60. The Hall–Kier alpha value is -0.0100. The second kappa shape index (κ2) is 3.40. The average Bonchev–Trinajstić information content (AvgIpc) is 1.81. The van der Waals surface area contributed by atoms with E-state index in [2.05, 4.69) is 13.5 Å². The maximum Gasteiger partial charge on any atom is -0.00145 e. The van der Waals surface area contributed by atoms with Crippen LogP contribution in [0.25, 0.3) is 0 Å². The topological polar surface area (TPSA) is 26.0 Å². The third kappa shape index (κ3) is 1.53. The van der Waals surface area contributed by atoms with Crippen molar-refractivity contribution in [1.29, 1.82) is 0 Å². The molecule has 0 radical (unpaired) electrons. The van der Waals surface area contributed by atoms with Crippen LogP contribution in [0.15, 0.2) is 12.2 Å². The van der Waals surface area contributed by atoms with E-state index in [4.69, 9.17) is 5.73 Å². The molecule has 1 aliphatic rings. The standard InChI is InChI=1S/C8H15N.ClH/c1-3-8(6-9)4-7(2)5-8;/h2-6,9H2,1H3;1H. The molecule has 0 unspecified atom stereocenters. The Labute approximate surface area is 69.1 Å². The first-order valence-corrected chi connectivity index (χ1v) is 3.59. The van der Waals surface area contributed by atoms with Crippen LogP contribution < -0.4 is 5.73 Å². The van der Waals surface area contributed by atoms with Gasteiger partial charge in [0.25, 0.3) is 0 Å². The fourth-order valence-corrected chi connectivity index (χ4v) is 1.55. The van der Waals surface area contributed by atoms with Crippen molar-refractivity contribution in [3.8, 4) is 0 Å². The van der Waals surface area contributed by atoms with Crippen molar-refractivity contribution < 1.29 is 0 Å². The number of hydrogen-bond donors (Lipinski definition) is 1. The van der Waals surface area contributed by atoms with E-state index in [1.165, 1.54) is 24.8 Å².